The summed E-state index contributed by atoms with van der Waals surface area (Å²) in [6, 6.07) is 4.51. The third-order valence-electron chi connectivity index (χ3n) is 1.79. The topological polar surface area (TPSA) is 40.5 Å². The van der Waals surface area contributed by atoms with Crippen molar-refractivity contribution in [3.63, 3.8) is 0 Å². The van der Waals surface area contributed by atoms with Crippen molar-refractivity contribution >= 4 is 23.4 Å². The second-order valence-electron chi connectivity index (χ2n) is 3.09. The van der Waals surface area contributed by atoms with Crippen LogP contribution in [0, 0.1) is 5.82 Å². The summed E-state index contributed by atoms with van der Waals surface area (Å²) < 4.78 is 13.2. The lowest BCUT2D eigenvalue weighted by Gasteiger charge is -2.07. The molecule has 0 saturated heterocycles. The molecule has 15 heavy (non-hydrogen) atoms. The van der Waals surface area contributed by atoms with Gasteiger partial charge in [-0.1, -0.05) is 17.7 Å². The number of thioether (sulfide) groups is 1. The van der Waals surface area contributed by atoms with Gasteiger partial charge in [-0.15, -0.1) is 0 Å². The molecule has 0 spiro atoms. The van der Waals surface area contributed by atoms with Gasteiger partial charge in [0.25, 0.3) is 0 Å². The second-order valence-corrected chi connectivity index (χ2v) is 4.55. The molecule has 0 aliphatic carbocycles. The molecule has 0 saturated carbocycles. The molecule has 0 aliphatic heterocycles. The Morgan fingerprint density at radius 1 is 1.47 bits per heavy atom. The van der Waals surface area contributed by atoms with E-state index in [0.29, 0.717) is 22.1 Å². The highest BCUT2D eigenvalue weighted by Crippen LogP contribution is 2.19. The molecule has 0 bridgehead atoms. The minimum absolute atomic E-state index is 0.268. The van der Waals surface area contributed by atoms with E-state index in [1.54, 1.807) is 12.1 Å². The standard InChI is InChI=1S/C10H12ClFO2S/c11-8-2-1-7(10(12)3-8)5-15-6-9(14)4-13/h1-3,9,13-14H,4-6H2. The van der Waals surface area contributed by atoms with Gasteiger partial charge in [0.1, 0.15) is 5.82 Å². The second kappa shape index (κ2) is 6.33. The average Bonchev–Trinajstić information content (AvgIpc) is 2.21. The lowest BCUT2D eigenvalue weighted by molar-refractivity contribution is 0.113. The summed E-state index contributed by atoms with van der Waals surface area (Å²) in [5.41, 5.74) is 0.550. The summed E-state index contributed by atoms with van der Waals surface area (Å²) in [6.07, 6.45) is -0.745. The molecule has 84 valence electrons. The molecule has 0 heterocycles. The Morgan fingerprint density at radius 3 is 2.80 bits per heavy atom. The molecule has 1 aromatic carbocycles. The predicted octanol–water partition coefficient (Wildman–Crippen LogP) is 2.07. The first kappa shape index (κ1) is 12.8. The fraction of sp³-hybridized carbons (Fsp3) is 0.400. The molecular weight excluding hydrogens is 239 g/mol. The van der Waals surface area contributed by atoms with E-state index < -0.39 is 6.10 Å². The number of aliphatic hydroxyl groups excluding tert-OH is 2. The van der Waals surface area contributed by atoms with Crippen LogP contribution < -0.4 is 0 Å². The van der Waals surface area contributed by atoms with Gasteiger partial charge < -0.3 is 10.2 Å². The van der Waals surface area contributed by atoms with Crippen molar-refractivity contribution in [3.8, 4) is 0 Å². The van der Waals surface area contributed by atoms with Crippen LogP contribution in [0.4, 0.5) is 4.39 Å². The number of aliphatic hydroxyl groups is 2. The Hall–Kier alpha value is -0.290. The minimum Gasteiger partial charge on any atom is -0.394 e. The van der Waals surface area contributed by atoms with E-state index in [-0.39, 0.29) is 12.4 Å². The first-order valence-electron chi connectivity index (χ1n) is 4.44. The van der Waals surface area contributed by atoms with Gasteiger partial charge in [-0.25, -0.2) is 4.39 Å². The Kier molecular flexibility index (Phi) is 5.39. The fourth-order valence-electron chi connectivity index (χ4n) is 0.996. The van der Waals surface area contributed by atoms with Gasteiger partial charge in [0.05, 0.1) is 12.7 Å². The van der Waals surface area contributed by atoms with E-state index >= 15 is 0 Å². The van der Waals surface area contributed by atoms with Crippen molar-refractivity contribution in [2.24, 2.45) is 0 Å². The number of hydrogen-bond acceptors (Lipinski definition) is 3. The van der Waals surface area contributed by atoms with E-state index in [9.17, 15) is 4.39 Å². The SMILES string of the molecule is OCC(O)CSCc1ccc(Cl)cc1F. The zero-order valence-electron chi connectivity index (χ0n) is 7.99. The summed E-state index contributed by atoms with van der Waals surface area (Å²) in [4.78, 5) is 0. The Labute approximate surface area is 97.1 Å². The van der Waals surface area contributed by atoms with Crippen molar-refractivity contribution in [1.82, 2.24) is 0 Å². The quantitative estimate of drug-likeness (QED) is 0.841. The molecule has 0 aliphatic rings. The summed E-state index contributed by atoms with van der Waals surface area (Å²) in [5.74, 6) is 0.506. The van der Waals surface area contributed by atoms with Crippen molar-refractivity contribution in [2.45, 2.75) is 11.9 Å². The molecule has 2 N–H and O–H groups in total. The molecule has 0 aromatic heterocycles. The maximum atomic E-state index is 13.2. The van der Waals surface area contributed by atoms with Crippen molar-refractivity contribution in [3.05, 3.63) is 34.6 Å². The molecule has 1 rings (SSSR count). The third-order valence-corrected chi connectivity index (χ3v) is 3.16. The van der Waals surface area contributed by atoms with Gasteiger partial charge in [-0.2, -0.15) is 11.8 Å². The molecular formula is C10H12ClFO2S. The number of halogens is 2. The van der Waals surface area contributed by atoms with Crippen LogP contribution in [0.3, 0.4) is 0 Å². The van der Waals surface area contributed by atoms with Crippen LogP contribution in [0.5, 0.6) is 0 Å². The molecule has 5 heteroatoms. The predicted molar refractivity (Wildman–Crippen MR) is 60.7 cm³/mol. The van der Waals surface area contributed by atoms with Crippen LogP contribution in [-0.2, 0) is 5.75 Å². The largest absolute Gasteiger partial charge is 0.394 e. The minimum atomic E-state index is -0.745. The molecule has 1 aromatic rings. The van der Waals surface area contributed by atoms with Gasteiger partial charge >= 0.3 is 0 Å². The van der Waals surface area contributed by atoms with E-state index in [4.69, 9.17) is 21.8 Å². The number of benzene rings is 1. The zero-order valence-corrected chi connectivity index (χ0v) is 9.56. The summed E-state index contributed by atoms with van der Waals surface area (Å²) >= 11 is 6.97. The van der Waals surface area contributed by atoms with E-state index in [2.05, 4.69) is 0 Å². The highest BCUT2D eigenvalue weighted by atomic mass is 35.5. The van der Waals surface area contributed by atoms with Gasteiger partial charge in [-0.05, 0) is 17.7 Å². The van der Waals surface area contributed by atoms with Gasteiger partial charge in [0.15, 0.2) is 0 Å². The van der Waals surface area contributed by atoms with Gasteiger partial charge in [-0.3, -0.25) is 0 Å². The molecule has 1 unspecified atom stereocenters. The lowest BCUT2D eigenvalue weighted by Crippen LogP contribution is -2.14. The molecule has 0 radical (unpaired) electrons. The van der Waals surface area contributed by atoms with E-state index in [0.717, 1.165) is 0 Å². The Morgan fingerprint density at radius 2 is 2.20 bits per heavy atom. The lowest BCUT2D eigenvalue weighted by atomic mass is 10.2. The summed E-state index contributed by atoms with van der Waals surface area (Å²) in [6.45, 7) is -0.268. The Balaban J connectivity index is 2.44. The van der Waals surface area contributed by atoms with Crippen molar-refractivity contribution in [2.75, 3.05) is 12.4 Å². The van der Waals surface area contributed by atoms with Gasteiger partial charge in [0, 0.05) is 16.5 Å². The normalized spacial score (nSPS) is 12.8. The smallest absolute Gasteiger partial charge is 0.128 e. The van der Waals surface area contributed by atoms with Crippen LogP contribution in [0.15, 0.2) is 18.2 Å². The zero-order chi connectivity index (χ0) is 11.3. The number of hydrogen-bond donors (Lipinski definition) is 2. The number of rotatable bonds is 5. The molecule has 0 fully saturated rings. The summed E-state index contributed by atoms with van der Waals surface area (Å²) in [7, 11) is 0. The van der Waals surface area contributed by atoms with E-state index in [1.165, 1.54) is 17.8 Å². The maximum absolute atomic E-state index is 13.2. The highest BCUT2D eigenvalue weighted by molar-refractivity contribution is 7.98. The molecule has 1 atom stereocenters. The maximum Gasteiger partial charge on any atom is 0.128 e. The highest BCUT2D eigenvalue weighted by Gasteiger charge is 2.05. The monoisotopic (exact) mass is 250 g/mol. The molecule has 0 amide bonds. The first-order valence-corrected chi connectivity index (χ1v) is 5.97. The van der Waals surface area contributed by atoms with Crippen molar-refractivity contribution in [1.29, 1.82) is 0 Å². The van der Waals surface area contributed by atoms with Crippen LogP contribution in [-0.4, -0.2) is 28.7 Å². The molecule has 2 nitrogen and oxygen atoms in total. The van der Waals surface area contributed by atoms with Crippen LogP contribution in [0.2, 0.25) is 5.02 Å². The van der Waals surface area contributed by atoms with Crippen LogP contribution >= 0.6 is 23.4 Å². The summed E-state index contributed by atoms with van der Waals surface area (Å²) in [5, 5.41) is 18.0. The Bertz CT molecular complexity index is 322. The van der Waals surface area contributed by atoms with Crippen LogP contribution in [0.25, 0.3) is 0 Å². The third kappa shape index (κ3) is 4.38. The van der Waals surface area contributed by atoms with Crippen LogP contribution in [0.1, 0.15) is 5.56 Å². The van der Waals surface area contributed by atoms with Gasteiger partial charge in [0.2, 0.25) is 0 Å². The first-order chi connectivity index (χ1) is 7.13. The average molecular weight is 251 g/mol. The van der Waals surface area contributed by atoms with Crippen molar-refractivity contribution < 1.29 is 14.6 Å². The fourth-order valence-corrected chi connectivity index (χ4v) is 2.10. The van der Waals surface area contributed by atoms with E-state index in [1.807, 2.05) is 0 Å².